The molecule has 92 valence electrons. The zero-order valence-corrected chi connectivity index (χ0v) is 10.6. The third-order valence-electron chi connectivity index (χ3n) is 4.98. The molecule has 2 N–H and O–H groups in total. The lowest BCUT2D eigenvalue weighted by Gasteiger charge is -2.36. The minimum atomic E-state index is 0.414. The molecule has 3 aliphatic rings. The van der Waals surface area contributed by atoms with Crippen molar-refractivity contribution in [1.29, 1.82) is 0 Å². The summed E-state index contributed by atoms with van der Waals surface area (Å²) < 4.78 is 0. The molecule has 0 aromatic carbocycles. The quantitative estimate of drug-likeness (QED) is 0.774. The van der Waals surface area contributed by atoms with Crippen LogP contribution in [0.25, 0.3) is 0 Å². The molecule has 0 radical (unpaired) electrons. The second-order valence-corrected chi connectivity index (χ2v) is 6.76. The Morgan fingerprint density at radius 3 is 2.44 bits per heavy atom. The lowest BCUT2D eigenvalue weighted by molar-refractivity contribution is 0.141. The largest absolute Gasteiger partial charge is 0.327 e. The summed E-state index contributed by atoms with van der Waals surface area (Å²) in [6.45, 7) is 5.06. The molecule has 3 rings (SSSR count). The topological polar surface area (TPSA) is 29.3 Å². The van der Waals surface area contributed by atoms with E-state index in [0.29, 0.717) is 11.5 Å². The van der Waals surface area contributed by atoms with Crippen molar-refractivity contribution in [3.8, 4) is 0 Å². The van der Waals surface area contributed by atoms with E-state index in [0.717, 1.165) is 12.0 Å². The third-order valence-corrected chi connectivity index (χ3v) is 4.98. The van der Waals surface area contributed by atoms with Gasteiger partial charge in [-0.05, 0) is 49.9 Å². The number of hydrogen-bond donors (Lipinski definition) is 1. The van der Waals surface area contributed by atoms with Gasteiger partial charge in [-0.25, -0.2) is 0 Å². The Labute approximate surface area is 99.6 Å². The van der Waals surface area contributed by atoms with Gasteiger partial charge < -0.3 is 5.73 Å². The Kier molecular flexibility index (Phi) is 2.75. The molecule has 2 unspecified atom stereocenters. The van der Waals surface area contributed by atoms with Gasteiger partial charge in [-0.15, -0.1) is 0 Å². The molecule has 2 heteroatoms. The van der Waals surface area contributed by atoms with Crippen LogP contribution in [0.2, 0.25) is 0 Å². The SMILES string of the molecule is CC1(CN(CC2CC2)C2CC2)CCCC1N. The number of nitrogens with two attached hydrogens (primary N) is 1. The highest BCUT2D eigenvalue weighted by Gasteiger charge is 2.42. The average Bonchev–Trinajstić information content (AvgIpc) is 3.12. The van der Waals surface area contributed by atoms with Crippen LogP contribution in [-0.2, 0) is 0 Å². The molecule has 0 heterocycles. The van der Waals surface area contributed by atoms with E-state index in [1.54, 1.807) is 0 Å². The molecule has 0 amide bonds. The Morgan fingerprint density at radius 2 is 1.94 bits per heavy atom. The first-order valence-corrected chi connectivity index (χ1v) is 7.17. The molecule has 0 saturated heterocycles. The van der Waals surface area contributed by atoms with E-state index in [1.165, 1.54) is 58.0 Å². The summed E-state index contributed by atoms with van der Waals surface area (Å²) in [6.07, 6.45) is 9.79. The first-order chi connectivity index (χ1) is 7.67. The zero-order valence-electron chi connectivity index (χ0n) is 10.6. The predicted octanol–water partition coefficient (Wildman–Crippen LogP) is 2.38. The highest BCUT2D eigenvalue weighted by molar-refractivity contribution is 4.97. The first kappa shape index (κ1) is 11.0. The van der Waals surface area contributed by atoms with Gasteiger partial charge in [0.1, 0.15) is 0 Å². The van der Waals surface area contributed by atoms with Gasteiger partial charge >= 0.3 is 0 Å². The Balaban J connectivity index is 1.60. The van der Waals surface area contributed by atoms with E-state index >= 15 is 0 Å². The van der Waals surface area contributed by atoms with Crippen molar-refractivity contribution in [3.05, 3.63) is 0 Å². The van der Waals surface area contributed by atoms with Crippen LogP contribution in [0.15, 0.2) is 0 Å². The van der Waals surface area contributed by atoms with Crippen LogP contribution < -0.4 is 5.73 Å². The Hall–Kier alpha value is -0.0800. The lowest BCUT2D eigenvalue weighted by Crippen LogP contribution is -2.45. The highest BCUT2D eigenvalue weighted by atomic mass is 15.2. The van der Waals surface area contributed by atoms with Gasteiger partial charge in [-0.2, -0.15) is 0 Å². The van der Waals surface area contributed by atoms with Gasteiger partial charge in [0.2, 0.25) is 0 Å². The number of nitrogens with zero attached hydrogens (tertiary/aromatic N) is 1. The van der Waals surface area contributed by atoms with Crippen LogP contribution in [0.4, 0.5) is 0 Å². The second kappa shape index (κ2) is 3.99. The van der Waals surface area contributed by atoms with E-state index in [2.05, 4.69) is 11.8 Å². The highest BCUT2D eigenvalue weighted by Crippen LogP contribution is 2.41. The molecule has 0 aromatic rings. The van der Waals surface area contributed by atoms with Gasteiger partial charge in [0, 0.05) is 25.2 Å². The summed E-state index contributed by atoms with van der Waals surface area (Å²) in [4.78, 5) is 2.78. The smallest absolute Gasteiger partial charge is 0.0105 e. The molecule has 2 atom stereocenters. The second-order valence-electron chi connectivity index (χ2n) is 6.76. The van der Waals surface area contributed by atoms with Crippen LogP contribution in [0, 0.1) is 11.3 Å². The molecule has 3 aliphatic carbocycles. The monoisotopic (exact) mass is 222 g/mol. The minimum absolute atomic E-state index is 0.414. The molecule has 0 aliphatic heterocycles. The first-order valence-electron chi connectivity index (χ1n) is 7.17. The van der Waals surface area contributed by atoms with Gasteiger partial charge in [-0.3, -0.25) is 4.90 Å². The molecule has 16 heavy (non-hydrogen) atoms. The maximum atomic E-state index is 6.30. The van der Waals surface area contributed by atoms with Crippen molar-refractivity contribution in [2.75, 3.05) is 13.1 Å². The maximum absolute atomic E-state index is 6.30. The molecule has 0 aromatic heterocycles. The van der Waals surface area contributed by atoms with Crippen molar-refractivity contribution in [2.24, 2.45) is 17.1 Å². The van der Waals surface area contributed by atoms with Crippen LogP contribution in [0.1, 0.15) is 51.9 Å². The fourth-order valence-corrected chi connectivity index (χ4v) is 3.33. The van der Waals surface area contributed by atoms with E-state index in [1.807, 2.05) is 0 Å². The summed E-state index contributed by atoms with van der Waals surface area (Å²) in [5, 5.41) is 0. The maximum Gasteiger partial charge on any atom is 0.0105 e. The van der Waals surface area contributed by atoms with Gasteiger partial charge in [0.15, 0.2) is 0 Å². The van der Waals surface area contributed by atoms with E-state index < -0.39 is 0 Å². The summed E-state index contributed by atoms with van der Waals surface area (Å²) in [5.74, 6) is 1.03. The van der Waals surface area contributed by atoms with Crippen LogP contribution in [0.5, 0.6) is 0 Å². The molecule has 0 bridgehead atoms. The number of hydrogen-bond acceptors (Lipinski definition) is 2. The fraction of sp³-hybridized carbons (Fsp3) is 1.00. The minimum Gasteiger partial charge on any atom is -0.327 e. The average molecular weight is 222 g/mol. The zero-order chi connectivity index (χ0) is 11.2. The Morgan fingerprint density at radius 1 is 1.19 bits per heavy atom. The standard InChI is InChI=1S/C14H26N2/c1-14(8-2-3-13(14)15)10-16(12-6-7-12)9-11-4-5-11/h11-13H,2-10,15H2,1H3. The van der Waals surface area contributed by atoms with Crippen molar-refractivity contribution in [1.82, 2.24) is 4.90 Å². The molecule has 3 fully saturated rings. The third kappa shape index (κ3) is 2.28. The lowest BCUT2D eigenvalue weighted by atomic mass is 9.84. The van der Waals surface area contributed by atoms with E-state index in [4.69, 9.17) is 5.73 Å². The molecule has 2 nitrogen and oxygen atoms in total. The molecular weight excluding hydrogens is 196 g/mol. The van der Waals surface area contributed by atoms with Crippen LogP contribution in [-0.4, -0.2) is 30.1 Å². The summed E-state index contributed by atoms with van der Waals surface area (Å²) in [7, 11) is 0. The van der Waals surface area contributed by atoms with E-state index in [-0.39, 0.29) is 0 Å². The van der Waals surface area contributed by atoms with Gasteiger partial charge in [-0.1, -0.05) is 13.3 Å². The van der Waals surface area contributed by atoms with Crippen LogP contribution in [0.3, 0.4) is 0 Å². The summed E-state index contributed by atoms with van der Waals surface area (Å²) >= 11 is 0. The van der Waals surface area contributed by atoms with Gasteiger partial charge in [0.05, 0.1) is 0 Å². The van der Waals surface area contributed by atoms with Crippen LogP contribution >= 0.6 is 0 Å². The van der Waals surface area contributed by atoms with Gasteiger partial charge in [0.25, 0.3) is 0 Å². The molecular formula is C14H26N2. The van der Waals surface area contributed by atoms with Crippen molar-refractivity contribution in [3.63, 3.8) is 0 Å². The normalized spacial score (nSPS) is 39.6. The summed E-state index contributed by atoms with van der Waals surface area (Å²) in [5.41, 5.74) is 6.72. The number of rotatable bonds is 5. The Bertz CT molecular complexity index is 257. The van der Waals surface area contributed by atoms with Crippen molar-refractivity contribution >= 4 is 0 Å². The summed E-state index contributed by atoms with van der Waals surface area (Å²) in [6, 6.07) is 1.37. The molecule has 3 saturated carbocycles. The van der Waals surface area contributed by atoms with Crippen molar-refractivity contribution in [2.45, 2.75) is 64.0 Å². The molecule has 0 spiro atoms. The predicted molar refractivity (Wildman–Crippen MR) is 67.3 cm³/mol. The fourth-order valence-electron chi connectivity index (χ4n) is 3.33. The van der Waals surface area contributed by atoms with E-state index in [9.17, 15) is 0 Å². The van der Waals surface area contributed by atoms with Crippen molar-refractivity contribution < 1.29 is 0 Å².